The minimum Gasteiger partial charge on any atom is -0.378 e. The molecule has 21 heavy (non-hydrogen) atoms. The Morgan fingerprint density at radius 1 is 1.43 bits per heavy atom. The summed E-state index contributed by atoms with van der Waals surface area (Å²) in [5.41, 5.74) is 0.772. The van der Waals surface area contributed by atoms with Crippen LogP contribution in [-0.2, 0) is 11.2 Å². The summed E-state index contributed by atoms with van der Waals surface area (Å²) in [5, 5.41) is 3.55. The number of hydrogen-bond acceptors (Lipinski definition) is 2. The fourth-order valence-corrected chi connectivity index (χ4v) is 3.27. The molecular formula is C17H25BrFNO. The van der Waals surface area contributed by atoms with Crippen LogP contribution < -0.4 is 5.32 Å². The van der Waals surface area contributed by atoms with Crippen molar-refractivity contribution in [3.8, 4) is 0 Å². The topological polar surface area (TPSA) is 21.3 Å². The van der Waals surface area contributed by atoms with E-state index in [9.17, 15) is 4.39 Å². The van der Waals surface area contributed by atoms with Crippen LogP contribution >= 0.6 is 15.9 Å². The van der Waals surface area contributed by atoms with E-state index in [0.29, 0.717) is 12.5 Å². The molecule has 2 unspecified atom stereocenters. The van der Waals surface area contributed by atoms with Crippen molar-refractivity contribution < 1.29 is 9.13 Å². The molecular weight excluding hydrogens is 333 g/mol. The lowest BCUT2D eigenvalue weighted by Gasteiger charge is -2.28. The van der Waals surface area contributed by atoms with E-state index >= 15 is 0 Å². The molecule has 0 saturated carbocycles. The van der Waals surface area contributed by atoms with Gasteiger partial charge in [0.05, 0.1) is 6.10 Å². The van der Waals surface area contributed by atoms with Gasteiger partial charge >= 0.3 is 0 Å². The second-order valence-corrected chi connectivity index (χ2v) is 6.73. The molecule has 1 N–H and O–H groups in total. The Morgan fingerprint density at radius 3 is 3.00 bits per heavy atom. The second-order valence-electron chi connectivity index (χ2n) is 5.82. The van der Waals surface area contributed by atoms with Gasteiger partial charge in [0.15, 0.2) is 0 Å². The third-order valence-electron chi connectivity index (χ3n) is 3.98. The van der Waals surface area contributed by atoms with Crippen LogP contribution in [0.25, 0.3) is 0 Å². The van der Waals surface area contributed by atoms with Crippen LogP contribution in [0.5, 0.6) is 0 Å². The molecule has 1 aromatic carbocycles. The summed E-state index contributed by atoms with van der Waals surface area (Å²) in [6.07, 6.45) is 6.63. The van der Waals surface area contributed by atoms with E-state index < -0.39 is 0 Å². The van der Waals surface area contributed by atoms with Gasteiger partial charge in [-0.15, -0.1) is 0 Å². The number of rotatable bonds is 7. The average Bonchev–Trinajstić information content (AvgIpc) is 2.49. The number of ether oxygens (including phenoxy) is 1. The molecule has 1 heterocycles. The molecule has 118 valence electrons. The normalized spacial score (nSPS) is 20.4. The zero-order valence-corrected chi connectivity index (χ0v) is 14.3. The van der Waals surface area contributed by atoms with Crippen LogP contribution in [0.15, 0.2) is 22.7 Å². The molecule has 2 atom stereocenters. The summed E-state index contributed by atoms with van der Waals surface area (Å²) in [6, 6.07) is 5.44. The molecule has 0 aliphatic carbocycles. The van der Waals surface area contributed by atoms with Gasteiger partial charge in [0.25, 0.3) is 0 Å². The minimum absolute atomic E-state index is 0.119. The highest BCUT2D eigenvalue weighted by atomic mass is 79.9. The van der Waals surface area contributed by atoms with Gasteiger partial charge in [-0.25, -0.2) is 4.39 Å². The van der Waals surface area contributed by atoms with Crippen molar-refractivity contribution in [2.24, 2.45) is 0 Å². The Labute approximate surface area is 135 Å². The van der Waals surface area contributed by atoms with Crippen molar-refractivity contribution in [3.05, 3.63) is 34.1 Å². The molecule has 2 rings (SSSR count). The Kier molecular flexibility index (Phi) is 7.14. The fraction of sp³-hybridized carbons (Fsp3) is 0.647. The van der Waals surface area contributed by atoms with Crippen LogP contribution in [0.2, 0.25) is 0 Å². The maximum atomic E-state index is 14.0. The average molecular weight is 358 g/mol. The Morgan fingerprint density at radius 2 is 2.29 bits per heavy atom. The molecule has 2 nitrogen and oxygen atoms in total. The first-order valence-corrected chi connectivity index (χ1v) is 8.77. The molecule has 1 aromatic rings. The second kappa shape index (κ2) is 8.86. The van der Waals surface area contributed by atoms with E-state index in [1.54, 1.807) is 6.07 Å². The van der Waals surface area contributed by atoms with Gasteiger partial charge in [-0.1, -0.05) is 22.9 Å². The predicted molar refractivity (Wildman–Crippen MR) is 88.1 cm³/mol. The zero-order valence-electron chi connectivity index (χ0n) is 12.7. The van der Waals surface area contributed by atoms with E-state index in [1.807, 2.05) is 6.07 Å². The maximum absolute atomic E-state index is 14.0. The third kappa shape index (κ3) is 5.68. The van der Waals surface area contributed by atoms with Crippen LogP contribution in [0.3, 0.4) is 0 Å². The third-order valence-corrected chi connectivity index (χ3v) is 4.47. The first kappa shape index (κ1) is 16.9. The van der Waals surface area contributed by atoms with Gasteiger partial charge in [0, 0.05) is 17.1 Å². The van der Waals surface area contributed by atoms with Gasteiger partial charge in [0.2, 0.25) is 0 Å². The van der Waals surface area contributed by atoms with Crippen LogP contribution in [0.1, 0.15) is 44.6 Å². The van der Waals surface area contributed by atoms with Gasteiger partial charge in [-0.2, -0.15) is 0 Å². The Hall–Kier alpha value is -0.450. The SMILES string of the molecule is CCCNC(Cc1cc(Br)ccc1F)CC1CCCCO1. The van der Waals surface area contributed by atoms with E-state index in [1.165, 1.54) is 18.9 Å². The molecule has 1 fully saturated rings. The Bertz CT molecular complexity index is 435. The van der Waals surface area contributed by atoms with Crippen molar-refractivity contribution in [3.63, 3.8) is 0 Å². The number of benzene rings is 1. The molecule has 0 bridgehead atoms. The quantitative estimate of drug-likeness (QED) is 0.777. The Balaban J connectivity index is 1.98. The van der Waals surface area contributed by atoms with E-state index in [2.05, 4.69) is 28.2 Å². The summed E-state index contributed by atoms with van der Waals surface area (Å²) in [5.74, 6) is -0.119. The lowest BCUT2D eigenvalue weighted by molar-refractivity contribution is 0.00522. The fourth-order valence-electron chi connectivity index (χ4n) is 2.86. The monoisotopic (exact) mass is 357 g/mol. The van der Waals surface area contributed by atoms with Gasteiger partial charge in [0.1, 0.15) is 5.82 Å². The van der Waals surface area contributed by atoms with Crippen LogP contribution in [0, 0.1) is 5.82 Å². The summed E-state index contributed by atoms with van der Waals surface area (Å²) >= 11 is 3.43. The first-order valence-electron chi connectivity index (χ1n) is 7.98. The van der Waals surface area contributed by atoms with Crippen molar-refractivity contribution in [2.45, 2.75) is 57.6 Å². The highest BCUT2D eigenvalue weighted by molar-refractivity contribution is 9.10. The predicted octanol–water partition coefficient (Wildman–Crippen LogP) is 4.46. The number of nitrogens with one attached hydrogen (secondary N) is 1. The van der Waals surface area contributed by atoms with Crippen LogP contribution in [0.4, 0.5) is 4.39 Å². The molecule has 0 spiro atoms. The highest BCUT2D eigenvalue weighted by Crippen LogP contribution is 2.21. The number of hydrogen-bond donors (Lipinski definition) is 1. The summed E-state index contributed by atoms with van der Waals surface area (Å²) < 4.78 is 20.7. The van der Waals surface area contributed by atoms with Crippen molar-refractivity contribution in [1.29, 1.82) is 0 Å². The lowest BCUT2D eigenvalue weighted by Crippen LogP contribution is -2.37. The highest BCUT2D eigenvalue weighted by Gasteiger charge is 2.20. The smallest absolute Gasteiger partial charge is 0.126 e. The van der Waals surface area contributed by atoms with Crippen LogP contribution in [-0.4, -0.2) is 25.3 Å². The van der Waals surface area contributed by atoms with Crippen molar-refractivity contribution in [2.75, 3.05) is 13.2 Å². The summed E-state index contributed by atoms with van der Waals surface area (Å²) in [4.78, 5) is 0. The standard InChI is InChI=1S/C17H25BrFNO/c1-2-8-20-15(12-16-5-3-4-9-21-16)11-13-10-14(18)6-7-17(13)19/h6-7,10,15-16,20H,2-5,8-9,11-12H2,1H3. The molecule has 1 aliphatic heterocycles. The van der Waals surface area contributed by atoms with Crippen molar-refractivity contribution in [1.82, 2.24) is 5.32 Å². The van der Waals surface area contributed by atoms with E-state index in [0.717, 1.165) is 42.5 Å². The molecule has 4 heteroatoms. The molecule has 0 aromatic heterocycles. The summed E-state index contributed by atoms with van der Waals surface area (Å²) in [6.45, 7) is 3.99. The molecule has 0 amide bonds. The minimum atomic E-state index is -0.119. The van der Waals surface area contributed by atoms with Gasteiger partial charge in [-0.3, -0.25) is 0 Å². The van der Waals surface area contributed by atoms with Crippen molar-refractivity contribution >= 4 is 15.9 Å². The maximum Gasteiger partial charge on any atom is 0.126 e. The molecule has 1 saturated heterocycles. The summed E-state index contributed by atoms with van der Waals surface area (Å²) in [7, 11) is 0. The van der Waals surface area contributed by atoms with Gasteiger partial charge < -0.3 is 10.1 Å². The first-order chi connectivity index (χ1) is 10.2. The largest absolute Gasteiger partial charge is 0.378 e. The van der Waals surface area contributed by atoms with Gasteiger partial charge in [-0.05, 0) is 68.8 Å². The molecule has 1 aliphatic rings. The molecule has 0 radical (unpaired) electrons. The lowest BCUT2D eigenvalue weighted by atomic mass is 9.96. The van der Waals surface area contributed by atoms with E-state index in [4.69, 9.17) is 4.74 Å². The number of halogens is 2. The van der Waals surface area contributed by atoms with E-state index in [-0.39, 0.29) is 11.9 Å². The zero-order chi connectivity index (χ0) is 15.1.